The molecule has 0 aromatic carbocycles. The zero-order chi connectivity index (χ0) is 14.8. The first-order valence-electron chi connectivity index (χ1n) is 7.43. The van der Waals surface area contributed by atoms with Crippen molar-refractivity contribution in [2.45, 2.75) is 39.8 Å². The van der Waals surface area contributed by atoms with E-state index < -0.39 is 0 Å². The van der Waals surface area contributed by atoms with Crippen LogP contribution in [0.5, 0.6) is 0 Å². The van der Waals surface area contributed by atoms with Gasteiger partial charge in [-0.15, -0.1) is 0 Å². The molecule has 0 bridgehead atoms. The molecule has 5 heteroatoms. The largest absolute Gasteiger partial charge is 0.338 e. The van der Waals surface area contributed by atoms with E-state index in [-0.39, 0.29) is 5.54 Å². The zero-order valence-electron chi connectivity index (χ0n) is 13.4. The molecule has 1 aromatic heterocycles. The molecular weight excluding hydrogens is 250 g/mol. The van der Waals surface area contributed by atoms with Crippen LogP contribution < -0.4 is 10.2 Å². The Hall–Kier alpha value is -1.20. The number of nitrogens with zero attached hydrogens (tertiary/aromatic N) is 4. The van der Waals surface area contributed by atoms with Gasteiger partial charge in [-0.05, 0) is 34.4 Å². The molecule has 1 aliphatic rings. The first kappa shape index (κ1) is 15.2. The summed E-state index contributed by atoms with van der Waals surface area (Å²) >= 11 is 0. The average molecular weight is 277 g/mol. The third-order valence-electron chi connectivity index (χ3n) is 4.23. The SMILES string of the molecule is CCNCc1cnc(N2CCN(C)C(C)(C)C2)nc1C. The van der Waals surface area contributed by atoms with Crippen LogP contribution in [0, 0.1) is 6.92 Å². The third kappa shape index (κ3) is 3.27. The number of likely N-dealkylation sites (N-methyl/N-ethyl adjacent to an activating group) is 1. The lowest BCUT2D eigenvalue weighted by Gasteiger charge is -2.45. The van der Waals surface area contributed by atoms with E-state index in [0.29, 0.717) is 0 Å². The first-order chi connectivity index (χ1) is 9.44. The number of aryl methyl sites for hydroxylation is 1. The van der Waals surface area contributed by atoms with Crippen molar-refractivity contribution < 1.29 is 0 Å². The highest BCUT2D eigenvalue weighted by atomic mass is 15.3. The van der Waals surface area contributed by atoms with Crippen LogP contribution >= 0.6 is 0 Å². The van der Waals surface area contributed by atoms with E-state index in [0.717, 1.165) is 44.4 Å². The maximum atomic E-state index is 4.70. The molecule has 112 valence electrons. The fraction of sp³-hybridized carbons (Fsp3) is 0.733. The van der Waals surface area contributed by atoms with Crippen molar-refractivity contribution in [2.24, 2.45) is 0 Å². The van der Waals surface area contributed by atoms with Crippen LogP contribution in [0.1, 0.15) is 32.0 Å². The minimum absolute atomic E-state index is 0.165. The lowest BCUT2D eigenvalue weighted by atomic mass is 10.00. The van der Waals surface area contributed by atoms with Gasteiger partial charge in [0, 0.05) is 49.2 Å². The van der Waals surface area contributed by atoms with E-state index in [1.54, 1.807) is 0 Å². The molecule has 0 spiro atoms. The van der Waals surface area contributed by atoms with Gasteiger partial charge in [-0.3, -0.25) is 4.90 Å². The van der Waals surface area contributed by atoms with Crippen molar-refractivity contribution in [3.8, 4) is 0 Å². The zero-order valence-corrected chi connectivity index (χ0v) is 13.4. The summed E-state index contributed by atoms with van der Waals surface area (Å²) in [7, 11) is 2.18. The standard InChI is InChI=1S/C15H27N5/c1-6-16-9-13-10-17-14(18-12(13)2)20-8-7-19(5)15(3,4)11-20/h10,16H,6-9,11H2,1-5H3. The molecule has 2 rings (SSSR count). The lowest BCUT2D eigenvalue weighted by molar-refractivity contribution is 0.138. The van der Waals surface area contributed by atoms with Crippen LogP contribution in [0.15, 0.2) is 6.20 Å². The van der Waals surface area contributed by atoms with Crippen LogP contribution in [0.25, 0.3) is 0 Å². The molecule has 1 saturated heterocycles. The average Bonchev–Trinajstić information content (AvgIpc) is 2.40. The summed E-state index contributed by atoms with van der Waals surface area (Å²) in [5.74, 6) is 0.865. The Kier molecular flexibility index (Phi) is 4.60. The fourth-order valence-electron chi connectivity index (χ4n) is 2.48. The van der Waals surface area contributed by atoms with Crippen molar-refractivity contribution >= 4 is 5.95 Å². The highest BCUT2D eigenvalue weighted by Gasteiger charge is 2.32. The highest BCUT2D eigenvalue weighted by molar-refractivity contribution is 5.34. The van der Waals surface area contributed by atoms with Crippen molar-refractivity contribution in [3.63, 3.8) is 0 Å². The summed E-state index contributed by atoms with van der Waals surface area (Å²) in [4.78, 5) is 14.0. The van der Waals surface area contributed by atoms with Gasteiger partial charge in [0.05, 0.1) is 0 Å². The van der Waals surface area contributed by atoms with E-state index in [1.807, 2.05) is 6.20 Å². The van der Waals surface area contributed by atoms with Gasteiger partial charge < -0.3 is 10.2 Å². The summed E-state index contributed by atoms with van der Waals surface area (Å²) in [5, 5.41) is 3.32. The van der Waals surface area contributed by atoms with Gasteiger partial charge >= 0.3 is 0 Å². The van der Waals surface area contributed by atoms with Gasteiger partial charge in [0.2, 0.25) is 5.95 Å². The number of hydrogen-bond donors (Lipinski definition) is 1. The second-order valence-corrected chi connectivity index (χ2v) is 6.22. The van der Waals surface area contributed by atoms with Crippen LogP contribution in [-0.2, 0) is 6.54 Å². The molecule has 5 nitrogen and oxygen atoms in total. The highest BCUT2D eigenvalue weighted by Crippen LogP contribution is 2.22. The molecule has 0 saturated carbocycles. The van der Waals surface area contributed by atoms with E-state index >= 15 is 0 Å². The number of aromatic nitrogens is 2. The molecule has 2 heterocycles. The Morgan fingerprint density at radius 1 is 1.35 bits per heavy atom. The lowest BCUT2D eigenvalue weighted by Crippen LogP contribution is -2.58. The van der Waals surface area contributed by atoms with Crippen LogP contribution in [0.3, 0.4) is 0 Å². The predicted octanol–water partition coefficient (Wildman–Crippen LogP) is 1.42. The van der Waals surface area contributed by atoms with Gasteiger partial charge in [-0.1, -0.05) is 6.92 Å². The van der Waals surface area contributed by atoms with E-state index in [1.165, 1.54) is 5.56 Å². The Morgan fingerprint density at radius 3 is 2.70 bits per heavy atom. The van der Waals surface area contributed by atoms with Gasteiger partial charge in [-0.2, -0.15) is 0 Å². The summed E-state index contributed by atoms with van der Waals surface area (Å²) < 4.78 is 0. The van der Waals surface area contributed by atoms with Crippen molar-refractivity contribution in [3.05, 3.63) is 17.5 Å². The van der Waals surface area contributed by atoms with Gasteiger partial charge in [0.25, 0.3) is 0 Å². The minimum atomic E-state index is 0.165. The molecule has 1 N–H and O–H groups in total. The Bertz CT molecular complexity index is 458. The van der Waals surface area contributed by atoms with Crippen molar-refractivity contribution in [1.82, 2.24) is 20.2 Å². The van der Waals surface area contributed by atoms with E-state index in [4.69, 9.17) is 4.98 Å². The molecular formula is C15H27N5. The maximum absolute atomic E-state index is 4.70. The third-order valence-corrected chi connectivity index (χ3v) is 4.23. The summed E-state index contributed by atoms with van der Waals surface area (Å²) in [6.07, 6.45) is 1.96. The fourth-order valence-corrected chi connectivity index (χ4v) is 2.48. The topological polar surface area (TPSA) is 44.3 Å². The van der Waals surface area contributed by atoms with E-state index in [2.05, 4.69) is 54.8 Å². The maximum Gasteiger partial charge on any atom is 0.225 e. The van der Waals surface area contributed by atoms with Crippen molar-refractivity contribution in [1.29, 1.82) is 0 Å². The second kappa shape index (κ2) is 6.06. The Balaban J connectivity index is 2.12. The molecule has 0 amide bonds. The van der Waals surface area contributed by atoms with Gasteiger partial charge in [0.15, 0.2) is 0 Å². The molecule has 20 heavy (non-hydrogen) atoms. The molecule has 1 aromatic rings. The molecule has 1 fully saturated rings. The van der Waals surface area contributed by atoms with Crippen LogP contribution in [0.4, 0.5) is 5.95 Å². The van der Waals surface area contributed by atoms with Crippen LogP contribution in [-0.4, -0.2) is 53.6 Å². The van der Waals surface area contributed by atoms with E-state index in [9.17, 15) is 0 Å². The normalized spacial score (nSPS) is 19.4. The number of nitrogens with one attached hydrogen (secondary N) is 1. The smallest absolute Gasteiger partial charge is 0.225 e. The van der Waals surface area contributed by atoms with Crippen LogP contribution in [0.2, 0.25) is 0 Å². The molecule has 0 radical (unpaired) electrons. The quantitative estimate of drug-likeness (QED) is 0.902. The predicted molar refractivity (Wildman–Crippen MR) is 83.1 cm³/mol. The summed E-state index contributed by atoms with van der Waals surface area (Å²) in [6, 6.07) is 0. The number of piperazine rings is 1. The van der Waals surface area contributed by atoms with Gasteiger partial charge in [0.1, 0.15) is 0 Å². The number of rotatable bonds is 4. The Labute approximate surface area is 122 Å². The number of hydrogen-bond acceptors (Lipinski definition) is 5. The Morgan fingerprint density at radius 2 is 2.10 bits per heavy atom. The van der Waals surface area contributed by atoms with Gasteiger partial charge in [-0.25, -0.2) is 9.97 Å². The number of anilines is 1. The monoisotopic (exact) mass is 277 g/mol. The molecule has 1 aliphatic heterocycles. The summed E-state index contributed by atoms with van der Waals surface area (Å²) in [6.45, 7) is 13.5. The molecule has 0 aliphatic carbocycles. The molecule has 0 atom stereocenters. The summed E-state index contributed by atoms with van der Waals surface area (Å²) in [5.41, 5.74) is 2.43. The minimum Gasteiger partial charge on any atom is -0.338 e. The van der Waals surface area contributed by atoms with Crippen molar-refractivity contribution in [2.75, 3.05) is 38.1 Å². The first-order valence-corrected chi connectivity index (χ1v) is 7.43. The second-order valence-electron chi connectivity index (χ2n) is 6.22. The molecule has 0 unspecified atom stereocenters.